The molecule has 3 aromatic rings. The maximum atomic E-state index is 12.0. The van der Waals surface area contributed by atoms with Gasteiger partial charge in [0.1, 0.15) is 0 Å². The molecule has 1 N–H and O–H groups in total. The maximum Gasteiger partial charge on any atom is 0.226 e. The first kappa shape index (κ1) is 16.0. The van der Waals surface area contributed by atoms with Crippen molar-refractivity contribution in [2.45, 2.75) is 24.7 Å². The second kappa shape index (κ2) is 7.62. The molecule has 0 spiro atoms. The molecule has 1 heterocycles. The molecule has 0 aliphatic carbocycles. The van der Waals surface area contributed by atoms with Crippen LogP contribution in [-0.2, 0) is 4.79 Å². The number of para-hydroxylation sites is 1. The number of thioether (sulfide) groups is 1. The van der Waals surface area contributed by atoms with E-state index in [-0.39, 0.29) is 5.91 Å². The summed E-state index contributed by atoms with van der Waals surface area (Å²) in [5, 5.41) is 3.58. The molecule has 0 saturated carbocycles. The summed E-state index contributed by atoms with van der Waals surface area (Å²) < 4.78 is 1.10. The number of thiazole rings is 1. The Balaban J connectivity index is 1.43. The average Bonchev–Trinajstić information content (AvgIpc) is 2.95. The van der Waals surface area contributed by atoms with Crippen LogP contribution in [0.2, 0.25) is 0 Å². The highest BCUT2D eigenvalue weighted by Gasteiger charge is 2.07. The highest BCUT2D eigenvalue weighted by Crippen LogP contribution is 2.25. The number of carbonyl (C=O) groups excluding carboxylic acids is 1. The van der Waals surface area contributed by atoms with Crippen LogP contribution in [0.25, 0.3) is 10.2 Å². The minimum atomic E-state index is 0.0357. The van der Waals surface area contributed by atoms with Gasteiger partial charge in [0.25, 0.3) is 0 Å². The van der Waals surface area contributed by atoms with Gasteiger partial charge < -0.3 is 5.32 Å². The number of fused-ring (bicyclic) bond motifs is 1. The van der Waals surface area contributed by atoms with Crippen LogP contribution in [0.3, 0.4) is 0 Å². The van der Waals surface area contributed by atoms with Gasteiger partial charge >= 0.3 is 0 Å². The molecule has 2 aromatic carbocycles. The first-order chi connectivity index (χ1) is 11.2. The molecule has 23 heavy (non-hydrogen) atoms. The molecule has 0 saturated heterocycles. The molecule has 0 bridgehead atoms. The fourth-order valence-corrected chi connectivity index (χ4v) is 3.90. The van der Waals surface area contributed by atoms with Crippen molar-refractivity contribution in [1.82, 2.24) is 4.98 Å². The minimum Gasteiger partial charge on any atom is -0.302 e. The van der Waals surface area contributed by atoms with E-state index in [2.05, 4.69) is 41.5 Å². The molecule has 0 radical (unpaired) electrons. The number of aryl methyl sites for hydroxylation is 1. The van der Waals surface area contributed by atoms with E-state index in [9.17, 15) is 4.79 Å². The number of amides is 1. The van der Waals surface area contributed by atoms with E-state index in [4.69, 9.17) is 0 Å². The Morgan fingerprint density at radius 1 is 1.17 bits per heavy atom. The van der Waals surface area contributed by atoms with Crippen LogP contribution in [0, 0.1) is 6.92 Å². The van der Waals surface area contributed by atoms with Gasteiger partial charge in [-0.3, -0.25) is 4.79 Å². The first-order valence-electron chi connectivity index (χ1n) is 7.55. The van der Waals surface area contributed by atoms with E-state index in [1.165, 1.54) is 21.8 Å². The maximum absolute atomic E-state index is 12.0. The van der Waals surface area contributed by atoms with E-state index in [0.29, 0.717) is 11.6 Å². The standard InChI is InChI=1S/C18H18N2OS2/c1-13-8-10-14(11-9-13)22-12-4-7-17(21)20-18-19-15-5-2-3-6-16(15)23-18/h2-3,5-6,8-11H,4,7,12H2,1H3,(H,19,20,21). The minimum absolute atomic E-state index is 0.0357. The van der Waals surface area contributed by atoms with Gasteiger partial charge in [-0.25, -0.2) is 4.98 Å². The highest BCUT2D eigenvalue weighted by atomic mass is 32.2. The largest absolute Gasteiger partial charge is 0.302 e. The fraction of sp³-hybridized carbons (Fsp3) is 0.222. The van der Waals surface area contributed by atoms with Gasteiger partial charge in [-0.1, -0.05) is 41.2 Å². The fourth-order valence-electron chi connectivity index (χ4n) is 2.16. The van der Waals surface area contributed by atoms with Crippen LogP contribution in [-0.4, -0.2) is 16.6 Å². The van der Waals surface area contributed by atoms with Gasteiger partial charge in [-0.05, 0) is 43.4 Å². The third kappa shape index (κ3) is 4.56. The molecule has 0 fully saturated rings. The molecule has 118 valence electrons. The molecule has 0 aliphatic heterocycles. The Kier molecular flexibility index (Phi) is 5.31. The molecular formula is C18H18N2OS2. The lowest BCUT2D eigenvalue weighted by Gasteiger charge is -2.03. The average molecular weight is 342 g/mol. The van der Waals surface area contributed by atoms with E-state index >= 15 is 0 Å². The number of anilines is 1. The zero-order valence-corrected chi connectivity index (χ0v) is 14.5. The normalized spacial score (nSPS) is 10.8. The van der Waals surface area contributed by atoms with Crippen LogP contribution >= 0.6 is 23.1 Å². The van der Waals surface area contributed by atoms with Crippen molar-refractivity contribution in [1.29, 1.82) is 0 Å². The first-order valence-corrected chi connectivity index (χ1v) is 9.36. The molecule has 1 amide bonds. The van der Waals surface area contributed by atoms with Gasteiger partial charge in [0.15, 0.2) is 5.13 Å². The lowest BCUT2D eigenvalue weighted by molar-refractivity contribution is -0.116. The van der Waals surface area contributed by atoms with Gasteiger partial charge in [0, 0.05) is 11.3 Å². The van der Waals surface area contributed by atoms with E-state index in [0.717, 1.165) is 22.4 Å². The topological polar surface area (TPSA) is 42.0 Å². The Labute approximate surface area is 144 Å². The van der Waals surface area contributed by atoms with Crippen molar-refractivity contribution in [3.63, 3.8) is 0 Å². The summed E-state index contributed by atoms with van der Waals surface area (Å²) >= 11 is 3.30. The summed E-state index contributed by atoms with van der Waals surface area (Å²) in [6.45, 7) is 2.08. The van der Waals surface area contributed by atoms with Crippen molar-refractivity contribution in [2.75, 3.05) is 11.1 Å². The molecular weight excluding hydrogens is 324 g/mol. The van der Waals surface area contributed by atoms with E-state index < -0.39 is 0 Å². The van der Waals surface area contributed by atoms with Gasteiger partial charge in [0.05, 0.1) is 10.2 Å². The Hall–Kier alpha value is -1.85. The number of aromatic nitrogens is 1. The predicted octanol–water partition coefficient (Wildman–Crippen LogP) is 5.12. The molecule has 1 aromatic heterocycles. The molecule has 3 nitrogen and oxygen atoms in total. The van der Waals surface area contributed by atoms with Gasteiger partial charge in [-0.2, -0.15) is 0 Å². The van der Waals surface area contributed by atoms with Crippen molar-refractivity contribution in [2.24, 2.45) is 0 Å². The zero-order valence-electron chi connectivity index (χ0n) is 12.9. The number of nitrogens with zero attached hydrogens (tertiary/aromatic N) is 1. The van der Waals surface area contributed by atoms with Crippen LogP contribution in [0.15, 0.2) is 53.4 Å². The lowest BCUT2D eigenvalue weighted by Crippen LogP contribution is -2.11. The molecule has 0 aliphatic rings. The van der Waals surface area contributed by atoms with Crippen LogP contribution in [0.5, 0.6) is 0 Å². The third-order valence-electron chi connectivity index (χ3n) is 3.38. The number of hydrogen-bond donors (Lipinski definition) is 1. The monoisotopic (exact) mass is 342 g/mol. The van der Waals surface area contributed by atoms with Crippen molar-refractivity contribution >= 4 is 44.4 Å². The Bertz CT molecular complexity index is 763. The summed E-state index contributed by atoms with van der Waals surface area (Å²) in [7, 11) is 0. The highest BCUT2D eigenvalue weighted by molar-refractivity contribution is 7.99. The van der Waals surface area contributed by atoms with Crippen molar-refractivity contribution in [3.05, 3.63) is 54.1 Å². The molecule has 5 heteroatoms. The SMILES string of the molecule is Cc1ccc(SCCCC(=O)Nc2nc3ccccc3s2)cc1. The van der Waals surface area contributed by atoms with Crippen LogP contribution < -0.4 is 5.32 Å². The van der Waals surface area contributed by atoms with Crippen LogP contribution in [0.4, 0.5) is 5.13 Å². The van der Waals surface area contributed by atoms with Crippen molar-refractivity contribution in [3.8, 4) is 0 Å². The molecule has 0 unspecified atom stereocenters. The predicted molar refractivity (Wildman–Crippen MR) is 99.4 cm³/mol. The number of carbonyl (C=O) groups is 1. The number of hydrogen-bond acceptors (Lipinski definition) is 4. The van der Waals surface area contributed by atoms with Crippen LogP contribution in [0.1, 0.15) is 18.4 Å². The van der Waals surface area contributed by atoms with E-state index in [1.807, 2.05) is 24.3 Å². The summed E-state index contributed by atoms with van der Waals surface area (Å²) in [4.78, 5) is 17.7. The molecule has 3 rings (SSSR count). The van der Waals surface area contributed by atoms with Gasteiger partial charge in [0.2, 0.25) is 5.91 Å². The molecule has 0 atom stereocenters. The van der Waals surface area contributed by atoms with Gasteiger partial charge in [-0.15, -0.1) is 11.8 Å². The summed E-state index contributed by atoms with van der Waals surface area (Å²) in [6.07, 6.45) is 1.38. The Morgan fingerprint density at radius 3 is 2.74 bits per heavy atom. The summed E-state index contributed by atoms with van der Waals surface area (Å²) in [5.41, 5.74) is 2.20. The van der Waals surface area contributed by atoms with E-state index in [1.54, 1.807) is 11.8 Å². The summed E-state index contributed by atoms with van der Waals surface area (Å²) in [5.74, 6) is 0.977. The smallest absolute Gasteiger partial charge is 0.226 e. The number of nitrogens with one attached hydrogen (secondary N) is 1. The van der Waals surface area contributed by atoms with Crippen molar-refractivity contribution < 1.29 is 4.79 Å². The quantitative estimate of drug-likeness (QED) is 0.499. The lowest BCUT2D eigenvalue weighted by atomic mass is 10.2. The number of rotatable bonds is 6. The number of benzene rings is 2. The second-order valence-corrected chi connectivity index (χ2v) is 7.50. The third-order valence-corrected chi connectivity index (χ3v) is 5.43. The Morgan fingerprint density at radius 2 is 1.96 bits per heavy atom. The summed E-state index contributed by atoms with van der Waals surface area (Å²) in [6, 6.07) is 16.4. The second-order valence-electron chi connectivity index (χ2n) is 5.30. The zero-order chi connectivity index (χ0) is 16.1.